The fourth-order valence-electron chi connectivity index (χ4n) is 1.68. The monoisotopic (exact) mass is 283 g/mol. The number of oxime groups is 1. The smallest absolute Gasteiger partial charge is 0.253 e. The minimum absolute atomic E-state index is 0.0170. The van der Waals surface area contributed by atoms with Crippen molar-refractivity contribution < 1.29 is 19.1 Å². The van der Waals surface area contributed by atoms with E-state index in [1.54, 1.807) is 0 Å². The van der Waals surface area contributed by atoms with Crippen molar-refractivity contribution in [2.24, 2.45) is 10.9 Å². The first-order valence-electron chi connectivity index (χ1n) is 6.12. The van der Waals surface area contributed by atoms with Crippen LogP contribution in [0.15, 0.2) is 23.4 Å². The highest BCUT2D eigenvalue weighted by molar-refractivity contribution is 5.95. The highest BCUT2D eigenvalue weighted by Crippen LogP contribution is 2.19. The molecule has 1 amide bonds. The van der Waals surface area contributed by atoms with E-state index in [1.807, 2.05) is 6.92 Å². The van der Waals surface area contributed by atoms with Gasteiger partial charge in [0.1, 0.15) is 5.84 Å². The van der Waals surface area contributed by atoms with Gasteiger partial charge >= 0.3 is 0 Å². The first-order valence-corrected chi connectivity index (χ1v) is 6.12. The minimum atomic E-state index is -0.524. The fraction of sp³-hybridized carbons (Fsp3) is 0.385. The fourth-order valence-corrected chi connectivity index (χ4v) is 1.68. The molecule has 0 unspecified atom stereocenters. The van der Waals surface area contributed by atoms with Gasteiger partial charge in [0, 0.05) is 25.1 Å². The molecule has 0 radical (unpaired) electrons. The maximum Gasteiger partial charge on any atom is 0.253 e. The lowest BCUT2D eigenvalue weighted by molar-refractivity contribution is 0.0768. The quantitative estimate of drug-likeness (QED) is 0.358. The number of nitrogens with two attached hydrogens (primary N) is 1. The molecule has 0 aliphatic rings. The molecule has 0 heterocycles. The van der Waals surface area contributed by atoms with Gasteiger partial charge in [0.05, 0.1) is 7.11 Å². The number of ether oxygens (including phenoxy) is 1. The minimum Gasteiger partial charge on any atom is -0.494 e. The summed E-state index contributed by atoms with van der Waals surface area (Å²) in [6, 6.07) is 3.93. The zero-order chi connectivity index (χ0) is 15.1. The van der Waals surface area contributed by atoms with Crippen molar-refractivity contribution in [2.45, 2.75) is 13.3 Å². The Balaban J connectivity index is 2.85. The lowest BCUT2D eigenvalue weighted by Crippen LogP contribution is -2.34. The van der Waals surface area contributed by atoms with Gasteiger partial charge in [-0.15, -0.1) is 0 Å². The third-order valence-electron chi connectivity index (χ3n) is 2.83. The first-order chi connectivity index (χ1) is 9.53. The highest BCUT2D eigenvalue weighted by atomic mass is 19.1. The predicted molar refractivity (Wildman–Crippen MR) is 72.6 cm³/mol. The molecule has 1 rings (SSSR count). The maximum absolute atomic E-state index is 13.3. The second-order valence-corrected chi connectivity index (χ2v) is 4.08. The molecule has 0 saturated heterocycles. The Morgan fingerprint density at radius 1 is 1.55 bits per heavy atom. The Kier molecular flexibility index (Phi) is 5.76. The topological polar surface area (TPSA) is 88.1 Å². The zero-order valence-corrected chi connectivity index (χ0v) is 11.5. The Morgan fingerprint density at radius 3 is 2.80 bits per heavy atom. The summed E-state index contributed by atoms with van der Waals surface area (Å²) >= 11 is 0. The largest absolute Gasteiger partial charge is 0.494 e. The standard InChI is InChI=1S/C13H18FN3O3/c1-3-17(7-6-12(15)16-19)13(18)9-4-5-10(14)11(8-9)20-2/h4-5,8,19H,3,6-7H2,1-2H3,(H2,15,16). The van der Waals surface area contributed by atoms with Crippen LogP contribution in [0, 0.1) is 5.82 Å². The number of amides is 1. The van der Waals surface area contributed by atoms with Crippen LogP contribution in [-0.2, 0) is 0 Å². The highest BCUT2D eigenvalue weighted by Gasteiger charge is 2.16. The van der Waals surface area contributed by atoms with Crippen molar-refractivity contribution in [1.82, 2.24) is 4.90 Å². The van der Waals surface area contributed by atoms with Gasteiger partial charge in [0.2, 0.25) is 0 Å². The van der Waals surface area contributed by atoms with Crippen molar-refractivity contribution in [3.8, 4) is 5.75 Å². The van der Waals surface area contributed by atoms with Gasteiger partial charge in [-0.3, -0.25) is 4.79 Å². The summed E-state index contributed by atoms with van der Waals surface area (Å²) in [5, 5.41) is 11.3. The average Bonchev–Trinajstić information content (AvgIpc) is 2.47. The van der Waals surface area contributed by atoms with E-state index in [1.165, 1.54) is 30.2 Å². The molecule has 0 fully saturated rings. The Hall–Kier alpha value is -2.31. The molecule has 3 N–H and O–H groups in total. The Morgan fingerprint density at radius 2 is 2.25 bits per heavy atom. The van der Waals surface area contributed by atoms with E-state index in [4.69, 9.17) is 15.7 Å². The average molecular weight is 283 g/mol. The van der Waals surface area contributed by atoms with Crippen LogP contribution in [0.25, 0.3) is 0 Å². The molecule has 1 aromatic rings. The number of methoxy groups -OCH3 is 1. The van der Waals surface area contributed by atoms with Crippen LogP contribution < -0.4 is 10.5 Å². The second kappa shape index (κ2) is 7.32. The Labute approximate surface area is 116 Å². The summed E-state index contributed by atoms with van der Waals surface area (Å²) in [7, 11) is 1.34. The molecule has 0 spiro atoms. The summed E-state index contributed by atoms with van der Waals surface area (Å²) < 4.78 is 18.2. The number of rotatable bonds is 6. The third kappa shape index (κ3) is 3.84. The van der Waals surface area contributed by atoms with Crippen LogP contribution in [0.4, 0.5) is 4.39 Å². The molecule has 6 nitrogen and oxygen atoms in total. The molecule has 20 heavy (non-hydrogen) atoms. The molecule has 0 aliphatic carbocycles. The SMILES string of the molecule is CCN(CC/C(N)=N/O)C(=O)c1ccc(F)c(OC)c1. The van der Waals surface area contributed by atoms with Crippen LogP contribution in [-0.4, -0.2) is 42.0 Å². The van der Waals surface area contributed by atoms with Crippen molar-refractivity contribution in [1.29, 1.82) is 0 Å². The molecule has 0 bridgehead atoms. The summed E-state index contributed by atoms with van der Waals surface area (Å²) in [5.74, 6) is -0.725. The molecule has 7 heteroatoms. The van der Waals surface area contributed by atoms with Crippen LogP contribution in [0.1, 0.15) is 23.7 Å². The van der Waals surface area contributed by atoms with Crippen molar-refractivity contribution in [3.05, 3.63) is 29.6 Å². The van der Waals surface area contributed by atoms with Gasteiger partial charge in [0.25, 0.3) is 5.91 Å². The third-order valence-corrected chi connectivity index (χ3v) is 2.83. The van der Waals surface area contributed by atoms with E-state index in [0.29, 0.717) is 18.7 Å². The summed E-state index contributed by atoms with van der Waals surface area (Å²) in [6.07, 6.45) is 0.258. The summed E-state index contributed by atoms with van der Waals surface area (Å²) in [4.78, 5) is 13.8. The van der Waals surface area contributed by atoms with Gasteiger partial charge in [0.15, 0.2) is 11.6 Å². The second-order valence-electron chi connectivity index (χ2n) is 4.08. The number of hydrogen-bond donors (Lipinski definition) is 2. The van der Waals surface area contributed by atoms with Gasteiger partial charge < -0.3 is 20.6 Å². The number of nitrogens with zero attached hydrogens (tertiary/aromatic N) is 2. The van der Waals surface area contributed by atoms with Crippen molar-refractivity contribution >= 4 is 11.7 Å². The van der Waals surface area contributed by atoms with E-state index >= 15 is 0 Å². The number of amidine groups is 1. The molecule has 0 saturated carbocycles. The molecule has 0 aromatic heterocycles. The molecule has 110 valence electrons. The van der Waals surface area contributed by atoms with Crippen molar-refractivity contribution in [3.63, 3.8) is 0 Å². The van der Waals surface area contributed by atoms with Crippen LogP contribution in [0.2, 0.25) is 0 Å². The maximum atomic E-state index is 13.3. The van der Waals surface area contributed by atoms with Gasteiger partial charge in [-0.2, -0.15) is 0 Å². The number of carbonyl (C=O) groups is 1. The van der Waals surface area contributed by atoms with Crippen molar-refractivity contribution in [2.75, 3.05) is 20.2 Å². The number of carbonyl (C=O) groups excluding carboxylic acids is 1. The zero-order valence-electron chi connectivity index (χ0n) is 11.5. The number of halogens is 1. The van der Waals surface area contributed by atoms with E-state index in [-0.39, 0.29) is 23.9 Å². The van der Waals surface area contributed by atoms with Gasteiger partial charge in [-0.05, 0) is 25.1 Å². The molecule has 0 aliphatic heterocycles. The molecular formula is C13H18FN3O3. The van der Waals surface area contributed by atoms with E-state index in [9.17, 15) is 9.18 Å². The Bertz CT molecular complexity index is 506. The van der Waals surface area contributed by atoms with E-state index < -0.39 is 5.82 Å². The summed E-state index contributed by atoms with van der Waals surface area (Å²) in [6.45, 7) is 2.58. The van der Waals surface area contributed by atoms with Crippen LogP contribution >= 0.6 is 0 Å². The molecular weight excluding hydrogens is 265 g/mol. The lowest BCUT2D eigenvalue weighted by Gasteiger charge is -2.20. The normalized spacial score (nSPS) is 11.2. The predicted octanol–water partition coefficient (Wildman–Crippen LogP) is 1.43. The number of hydrogen-bond acceptors (Lipinski definition) is 4. The lowest BCUT2D eigenvalue weighted by atomic mass is 10.1. The van der Waals surface area contributed by atoms with Crippen LogP contribution in [0.3, 0.4) is 0 Å². The molecule has 1 aromatic carbocycles. The van der Waals surface area contributed by atoms with Gasteiger partial charge in [-0.1, -0.05) is 5.16 Å². The van der Waals surface area contributed by atoms with Crippen LogP contribution in [0.5, 0.6) is 5.75 Å². The molecule has 0 atom stereocenters. The summed E-state index contributed by atoms with van der Waals surface area (Å²) in [5.41, 5.74) is 5.70. The number of benzene rings is 1. The van der Waals surface area contributed by atoms with E-state index in [2.05, 4.69) is 5.16 Å². The first kappa shape index (κ1) is 15.7. The van der Waals surface area contributed by atoms with Gasteiger partial charge in [-0.25, -0.2) is 4.39 Å². The van der Waals surface area contributed by atoms with E-state index in [0.717, 1.165) is 0 Å².